The molecule has 0 aliphatic heterocycles. The molecule has 4 rings (SSSR count). The number of methoxy groups -OCH3 is 4. The Hall–Kier alpha value is -3.28. The minimum Gasteiger partial charge on any atom is -0.496 e. The Bertz CT molecular complexity index is 1190. The average molecular weight is 364 g/mol. The second kappa shape index (κ2) is 6.46. The molecular weight excluding hydrogens is 344 g/mol. The van der Waals surface area contributed by atoms with Gasteiger partial charge in [-0.1, -0.05) is 0 Å². The highest BCUT2D eigenvalue weighted by atomic mass is 16.5. The molecule has 138 valence electrons. The maximum atomic E-state index is 5.57. The topological polar surface area (TPSA) is 62.7 Å². The summed E-state index contributed by atoms with van der Waals surface area (Å²) in [6, 6.07) is 7.80. The summed E-state index contributed by atoms with van der Waals surface area (Å²) in [5.74, 6) is 2.60. The SMILES string of the molecule is COc1cc2ncc3c(OC)nc4c(C)c(OC)ccc4c3c2cc1OC. The third-order valence-corrected chi connectivity index (χ3v) is 4.88. The Morgan fingerprint density at radius 1 is 0.741 bits per heavy atom. The van der Waals surface area contributed by atoms with E-state index in [0.717, 1.165) is 43.9 Å². The van der Waals surface area contributed by atoms with Gasteiger partial charge < -0.3 is 18.9 Å². The third kappa shape index (κ3) is 2.48. The molecular formula is C21H20N2O4. The van der Waals surface area contributed by atoms with E-state index >= 15 is 0 Å². The molecule has 0 aliphatic carbocycles. The maximum Gasteiger partial charge on any atom is 0.223 e. The number of nitrogens with zero attached hydrogens (tertiary/aromatic N) is 2. The monoisotopic (exact) mass is 364 g/mol. The lowest BCUT2D eigenvalue weighted by Gasteiger charge is -2.15. The van der Waals surface area contributed by atoms with Gasteiger partial charge in [-0.3, -0.25) is 4.98 Å². The van der Waals surface area contributed by atoms with Gasteiger partial charge in [-0.15, -0.1) is 0 Å². The van der Waals surface area contributed by atoms with Crippen LogP contribution in [0.2, 0.25) is 0 Å². The van der Waals surface area contributed by atoms with E-state index in [2.05, 4.69) is 4.98 Å². The number of benzene rings is 2. The molecule has 0 amide bonds. The van der Waals surface area contributed by atoms with Crippen molar-refractivity contribution in [2.24, 2.45) is 0 Å². The quantitative estimate of drug-likeness (QED) is 0.504. The second-order valence-corrected chi connectivity index (χ2v) is 6.18. The van der Waals surface area contributed by atoms with Gasteiger partial charge >= 0.3 is 0 Å². The zero-order chi connectivity index (χ0) is 19.1. The Balaban J connectivity index is 2.25. The van der Waals surface area contributed by atoms with Crippen LogP contribution in [-0.2, 0) is 0 Å². The van der Waals surface area contributed by atoms with Gasteiger partial charge in [0.15, 0.2) is 11.5 Å². The maximum absolute atomic E-state index is 5.57. The fraction of sp³-hybridized carbons (Fsp3) is 0.238. The minimum absolute atomic E-state index is 0.526. The van der Waals surface area contributed by atoms with Gasteiger partial charge in [0.25, 0.3) is 0 Å². The number of pyridine rings is 2. The van der Waals surface area contributed by atoms with E-state index in [4.69, 9.17) is 23.9 Å². The van der Waals surface area contributed by atoms with Gasteiger partial charge in [0, 0.05) is 34.0 Å². The first-order valence-corrected chi connectivity index (χ1v) is 8.48. The van der Waals surface area contributed by atoms with Crippen molar-refractivity contribution in [2.45, 2.75) is 6.92 Å². The zero-order valence-corrected chi connectivity index (χ0v) is 15.9. The van der Waals surface area contributed by atoms with Gasteiger partial charge in [-0.25, -0.2) is 4.98 Å². The molecule has 6 heteroatoms. The van der Waals surface area contributed by atoms with Crippen LogP contribution in [0, 0.1) is 6.92 Å². The average Bonchev–Trinajstić information content (AvgIpc) is 2.71. The van der Waals surface area contributed by atoms with Crippen LogP contribution in [0.3, 0.4) is 0 Å². The highest BCUT2D eigenvalue weighted by Gasteiger charge is 2.17. The number of aromatic nitrogens is 2. The Morgan fingerprint density at radius 3 is 2.11 bits per heavy atom. The van der Waals surface area contributed by atoms with Gasteiger partial charge in [0.1, 0.15) is 5.75 Å². The first-order valence-electron chi connectivity index (χ1n) is 8.48. The van der Waals surface area contributed by atoms with Crippen molar-refractivity contribution in [2.75, 3.05) is 28.4 Å². The van der Waals surface area contributed by atoms with Gasteiger partial charge in [0.05, 0.1) is 44.9 Å². The number of aryl methyl sites for hydroxylation is 1. The lowest BCUT2D eigenvalue weighted by molar-refractivity contribution is 0.356. The summed E-state index contributed by atoms with van der Waals surface area (Å²) in [5.41, 5.74) is 2.60. The van der Waals surface area contributed by atoms with Crippen LogP contribution in [0.5, 0.6) is 23.1 Å². The predicted molar refractivity (Wildman–Crippen MR) is 105 cm³/mol. The van der Waals surface area contributed by atoms with Crippen molar-refractivity contribution >= 4 is 32.6 Å². The van der Waals surface area contributed by atoms with Crippen molar-refractivity contribution in [1.29, 1.82) is 0 Å². The molecule has 0 fully saturated rings. The number of ether oxygens (including phenoxy) is 4. The highest BCUT2D eigenvalue weighted by molar-refractivity contribution is 6.20. The number of hydrogen-bond acceptors (Lipinski definition) is 6. The molecule has 2 aromatic carbocycles. The zero-order valence-electron chi connectivity index (χ0n) is 15.9. The van der Waals surface area contributed by atoms with E-state index in [9.17, 15) is 0 Å². The summed E-state index contributed by atoms with van der Waals surface area (Å²) >= 11 is 0. The molecule has 4 aromatic rings. The molecule has 2 heterocycles. The Morgan fingerprint density at radius 2 is 1.44 bits per heavy atom. The van der Waals surface area contributed by atoms with Crippen LogP contribution >= 0.6 is 0 Å². The highest BCUT2D eigenvalue weighted by Crippen LogP contribution is 2.41. The van der Waals surface area contributed by atoms with Crippen LogP contribution in [0.1, 0.15) is 5.56 Å². The van der Waals surface area contributed by atoms with Crippen LogP contribution in [0.25, 0.3) is 32.6 Å². The Labute approximate surface area is 156 Å². The fourth-order valence-electron chi connectivity index (χ4n) is 3.54. The van der Waals surface area contributed by atoms with Gasteiger partial charge in [-0.2, -0.15) is 0 Å². The van der Waals surface area contributed by atoms with Crippen molar-refractivity contribution < 1.29 is 18.9 Å². The lowest BCUT2D eigenvalue weighted by atomic mass is 10.00. The van der Waals surface area contributed by atoms with Crippen molar-refractivity contribution in [1.82, 2.24) is 9.97 Å². The fourth-order valence-corrected chi connectivity index (χ4v) is 3.54. The first kappa shape index (κ1) is 17.1. The van der Waals surface area contributed by atoms with E-state index in [1.807, 2.05) is 31.2 Å². The molecule has 2 aromatic heterocycles. The van der Waals surface area contributed by atoms with E-state index in [0.29, 0.717) is 17.4 Å². The number of hydrogen-bond donors (Lipinski definition) is 0. The van der Waals surface area contributed by atoms with Crippen LogP contribution < -0.4 is 18.9 Å². The minimum atomic E-state index is 0.526. The summed E-state index contributed by atoms with van der Waals surface area (Å²) in [7, 11) is 6.51. The van der Waals surface area contributed by atoms with Crippen LogP contribution in [-0.4, -0.2) is 38.4 Å². The van der Waals surface area contributed by atoms with E-state index in [1.165, 1.54) is 0 Å². The summed E-state index contributed by atoms with van der Waals surface area (Å²) in [5, 5.41) is 3.80. The molecule has 0 spiro atoms. The lowest BCUT2D eigenvalue weighted by Crippen LogP contribution is -1.97. The molecule has 0 saturated heterocycles. The molecule has 0 aliphatic rings. The Kier molecular flexibility index (Phi) is 4.11. The largest absolute Gasteiger partial charge is 0.496 e. The standard InChI is InChI=1S/C21H20N2O4/c1-11-16(24-2)7-6-12-19-13-8-17(25-3)18(26-4)9-15(13)22-10-14(19)21(27-5)23-20(11)12/h6-10H,1-5H3. The predicted octanol–water partition coefficient (Wildman–Crippen LogP) is 4.28. The molecule has 0 saturated carbocycles. The normalized spacial score (nSPS) is 11.1. The smallest absolute Gasteiger partial charge is 0.223 e. The molecule has 0 atom stereocenters. The molecule has 0 bridgehead atoms. The summed E-state index contributed by atoms with van der Waals surface area (Å²) in [6.45, 7) is 1.99. The third-order valence-electron chi connectivity index (χ3n) is 4.88. The van der Waals surface area contributed by atoms with E-state index < -0.39 is 0 Å². The molecule has 0 N–H and O–H groups in total. The van der Waals surface area contributed by atoms with Crippen molar-refractivity contribution in [3.05, 3.63) is 36.0 Å². The number of rotatable bonds is 4. The van der Waals surface area contributed by atoms with E-state index in [-0.39, 0.29) is 0 Å². The molecule has 0 radical (unpaired) electrons. The summed E-state index contributed by atoms with van der Waals surface area (Å²) in [6.07, 6.45) is 1.79. The van der Waals surface area contributed by atoms with Crippen molar-refractivity contribution in [3.63, 3.8) is 0 Å². The van der Waals surface area contributed by atoms with Crippen molar-refractivity contribution in [3.8, 4) is 23.1 Å². The number of fused-ring (bicyclic) bond motifs is 5. The van der Waals surface area contributed by atoms with Crippen LogP contribution in [0.15, 0.2) is 30.5 Å². The molecule has 0 unspecified atom stereocenters. The second-order valence-electron chi connectivity index (χ2n) is 6.18. The first-order chi connectivity index (χ1) is 13.1. The summed E-state index contributed by atoms with van der Waals surface area (Å²) < 4.78 is 22.0. The van der Waals surface area contributed by atoms with E-state index in [1.54, 1.807) is 34.6 Å². The van der Waals surface area contributed by atoms with Crippen LogP contribution in [0.4, 0.5) is 0 Å². The van der Waals surface area contributed by atoms with Gasteiger partial charge in [-0.05, 0) is 25.1 Å². The molecule has 6 nitrogen and oxygen atoms in total. The molecule has 27 heavy (non-hydrogen) atoms. The van der Waals surface area contributed by atoms with Gasteiger partial charge in [0.2, 0.25) is 5.88 Å². The summed E-state index contributed by atoms with van der Waals surface area (Å²) in [4.78, 5) is 9.30.